The molecule has 0 aliphatic carbocycles. The number of benzene rings is 2. The Kier molecular flexibility index (Phi) is 8.49. The molecule has 2 atom stereocenters. The average molecular weight is 533 g/mol. The molecule has 0 saturated heterocycles. The van der Waals surface area contributed by atoms with Crippen LogP contribution in [-0.4, -0.2) is 22.5 Å². The van der Waals surface area contributed by atoms with Crippen LogP contribution in [0.2, 0.25) is 5.02 Å². The predicted molar refractivity (Wildman–Crippen MR) is 134 cm³/mol. The van der Waals surface area contributed by atoms with Gasteiger partial charge in [-0.2, -0.15) is 13.2 Å². The van der Waals surface area contributed by atoms with Gasteiger partial charge in [0.25, 0.3) is 5.91 Å². The molecule has 0 aliphatic heterocycles. The molecule has 2 aromatic carbocycles. The molecule has 0 spiro atoms. The highest BCUT2D eigenvalue weighted by molar-refractivity contribution is 6.30. The summed E-state index contributed by atoms with van der Waals surface area (Å²) in [5.41, 5.74) is -0.531. The molecule has 3 aromatic rings. The van der Waals surface area contributed by atoms with Gasteiger partial charge in [-0.15, -0.1) is 6.42 Å². The van der Waals surface area contributed by atoms with E-state index in [1.807, 2.05) is 12.1 Å². The SMILES string of the molecule is C#Cc1cc(F)cc(C(Cc2ccc(Cl)cc2)C(C)NC(=O)C(C)(C)Oc2ccc(C(F)(F)F)cn2)c1. The summed E-state index contributed by atoms with van der Waals surface area (Å²) in [5.74, 6) is 0.889. The van der Waals surface area contributed by atoms with Crippen LogP contribution in [0.25, 0.3) is 0 Å². The zero-order valence-electron chi connectivity index (χ0n) is 20.4. The molecule has 2 unspecified atom stereocenters. The van der Waals surface area contributed by atoms with Crippen molar-refractivity contribution in [3.05, 3.63) is 93.9 Å². The Labute approximate surface area is 218 Å². The third-order valence-electron chi connectivity index (χ3n) is 5.82. The summed E-state index contributed by atoms with van der Waals surface area (Å²) in [6.07, 6.45) is 2.03. The van der Waals surface area contributed by atoms with Crippen molar-refractivity contribution in [2.24, 2.45) is 0 Å². The van der Waals surface area contributed by atoms with Crippen molar-refractivity contribution in [3.8, 4) is 18.2 Å². The van der Waals surface area contributed by atoms with Gasteiger partial charge in [-0.25, -0.2) is 9.37 Å². The van der Waals surface area contributed by atoms with Gasteiger partial charge >= 0.3 is 6.18 Å². The number of pyridine rings is 1. The number of aromatic nitrogens is 1. The minimum absolute atomic E-state index is 0.137. The number of terminal acetylenes is 1. The lowest BCUT2D eigenvalue weighted by Crippen LogP contribution is -2.51. The summed E-state index contributed by atoms with van der Waals surface area (Å²) < 4.78 is 58.4. The fourth-order valence-corrected chi connectivity index (χ4v) is 3.89. The van der Waals surface area contributed by atoms with Crippen molar-refractivity contribution in [3.63, 3.8) is 0 Å². The number of nitrogens with one attached hydrogen (secondary N) is 1. The van der Waals surface area contributed by atoms with E-state index in [-0.39, 0.29) is 11.8 Å². The molecule has 0 aliphatic rings. The Bertz CT molecular complexity index is 1280. The Hall–Kier alpha value is -3.57. The third-order valence-corrected chi connectivity index (χ3v) is 6.07. The molecule has 3 rings (SSSR count). The van der Waals surface area contributed by atoms with Crippen LogP contribution in [0.1, 0.15) is 48.9 Å². The molecular weight excluding hydrogens is 508 g/mol. The van der Waals surface area contributed by atoms with Gasteiger partial charge in [-0.3, -0.25) is 4.79 Å². The van der Waals surface area contributed by atoms with Crippen LogP contribution in [0.15, 0.2) is 60.8 Å². The number of ether oxygens (including phenoxy) is 1. The lowest BCUT2D eigenvalue weighted by atomic mass is 9.85. The highest BCUT2D eigenvalue weighted by Crippen LogP contribution is 2.30. The fourth-order valence-electron chi connectivity index (χ4n) is 3.76. The summed E-state index contributed by atoms with van der Waals surface area (Å²) in [7, 11) is 0. The smallest absolute Gasteiger partial charge is 0.417 e. The third kappa shape index (κ3) is 7.46. The molecule has 4 nitrogen and oxygen atoms in total. The Balaban J connectivity index is 1.82. The number of halogens is 5. The van der Waals surface area contributed by atoms with E-state index >= 15 is 0 Å². The molecule has 1 aromatic heterocycles. The second kappa shape index (κ2) is 11.2. The van der Waals surface area contributed by atoms with Gasteiger partial charge in [-0.1, -0.05) is 29.7 Å². The number of hydrogen-bond donors (Lipinski definition) is 1. The summed E-state index contributed by atoms with van der Waals surface area (Å²) in [6.45, 7) is 4.72. The fraction of sp³-hybridized carbons (Fsp3) is 0.286. The van der Waals surface area contributed by atoms with E-state index in [1.165, 1.54) is 26.0 Å². The molecule has 1 heterocycles. The second-order valence-corrected chi connectivity index (χ2v) is 9.55. The molecule has 194 valence electrons. The second-order valence-electron chi connectivity index (χ2n) is 9.11. The molecule has 37 heavy (non-hydrogen) atoms. The van der Waals surface area contributed by atoms with Gasteiger partial charge in [0.05, 0.1) is 5.56 Å². The molecule has 1 amide bonds. The maximum atomic E-state index is 14.3. The highest BCUT2D eigenvalue weighted by atomic mass is 35.5. The van der Waals surface area contributed by atoms with Crippen molar-refractivity contribution in [1.82, 2.24) is 10.3 Å². The zero-order valence-corrected chi connectivity index (χ0v) is 21.1. The van der Waals surface area contributed by atoms with Crippen molar-refractivity contribution >= 4 is 17.5 Å². The molecule has 1 N–H and O–H groups in total. The first kappa shape index (κ1) is 28.0. The number of amides is 1. The van der Waals surface area contributed by atoms with Gasteiger partial charge in [0.2, 0.25) is 5.88 Å². The molecule has 9 heteroatoms. The van der Waals surface area contributed by atoms with Crippen LogP contribution < -0.4 is 10.1 Å². The van der Waals surface area contributed by atoms with E-state index in [4.69, 9.17) is 22.8 Å². The van der Waals surface area contributed by atoms with E-state index in [0.717, 1.165) is 17.7 Å². The first-order valence-electron chi connectivity index (χ1n) is 11.3. The van der Waals surface area contributed by atoms with Gasteiger partial charge in [0.1, 0.15) is 5.82 Å². The van der Waals surface area contributed by atoms with Gasteiger partial charge < -0.3 is 10.1 Å². The number of carbonyl (C=O) groups excluding carboxylic acids is 1. The minimum Gasteiger partial charge on any atom is -0.462 e. The van der Waals surface area contributed by atoms with Crippen LogP contribution in [-0.2, 0) is 17.4 Å². The van der Waals surface area contributed by atoms with Crippen LogP contribution in [0, 0.1) is 18.2 Å². The number of carbonyl (C=O) groups is 1. The van der Waals surface area contributed by atoms with Crippen LogP contribution in [0.5, 0.6) is 5.88 Å². The van der Waals surface area contributed by atoms with E-state index in [9.17, 15) is 22.4 Å². The summed E-state index contributed by atoms with van der Waals surface area (Å²) >= 11 is 6.00. The summed E-state index contributed by atoms with van der Waals surface area (Å²) in [4.78, 5) is 16.8. The van der Waals surface area contributed by atoms with Crippen molar-refractivity contribution in [2.75, 3.05) is 0 Å². The zero-order chi connectivity index (χ0) is 27.4. The van der Waals surface area contributed by atoms with Crippen molar-refractivity contribution < 1.29 is 27.1 Å². The average Bonchev–Trinajstić information content (AvgIpc) is 2.82. The first-order chi connectivity index (χ1) is 17.3. The Morgan fingerprint density at radius 1 is 1.14 bits per heavy atom. The molecule has 0 bridgehead atoms. The van der Waals surface area contributed by atoms with Gasteiger partial charge in [0, 0.05) is 34.8 Å². The normalized spacial score (nSPS) is 13.4. The molecule has 0 fully saturated rings. The monoisotopic (exact) mass is 532 g/mol. The lowest BCUT2D eigenvalue weighted by molar-refractivity contribution is -0.138. The summed E-state index contributed by atoms with van der Waals surface area (Å²) in [6, 6.07) is 12.8. The van der Waals surface area contributed by atoms with E-state index < -0.39 is 35.1 Å². The Morgan fingerprint density at radius 2 is 1.81 bits per heavy atom. The maximum absolute atomic E-state index is 14.3. The van der Waals surface area contributed by atoms with E-state index in [0.29, 0.717) is 28.8 Å². The van der Waals surface area contributed by atoms with Crippen LogP contribution >= 0.6 is 11.6 Å². The molecule has 0 saturated carbocycles. The minimum atomic E-state index is -4.54. The Morgan fingerprint density at radius 3 is 2.38 bits per heavy atom. The number of alkyl halides is 3. The molecular formula is C28H25ClF4N2O2. The predicted octanol–water partition coefficient (Wildman–Crippen LogP) is 6.56. The van der Waals surface area contributed by atoms with E-state index in [2.05, 4.69) is 16.2 Å². The van der Waals surface area contributed by atoms with Gasteiger partial charge in [0.15, 0.2) is 5.60 Å². The number of rotatable bonds is 8. The lowest BCUT2D eigenvalue weighted by Gasteiger charge is -2.31. The van der Waals surface area contributed by atoms with Crippen molar-refractivity contribution in [2.45, 2.75) is 50.9 Å². The summed E-state index contributed by atoms with van der Waals surface area (Å²) in [5, 5.41) is 3.46. The largest absolute Gasteiger partial charge is 0.462 e. The maximum Gasteiger partial charge on any atom is 0.417 e. The topological polar surface area (TPSA) is 51.2 Å². The van der Waals surface area contributed by atoms with Crippen LogP contribution in [0.3, 0.4) is 0 Å². The van der Waals surface area contributed by atoms with Gasteiger partial charge in [-0.05, 0) is 74.7 Å². The first-order valence-corrected chi connectivity index (χ1v) is 11.7. The van der Waals surface area contributed by atoms with E-state index in [1.54, 1.807) is 25.1 Å². The quantitative estimate of drug-likeness (QED) is 0.264. The van der Waals surface area contributed by atoms with Crippen LogP contribution in [0.4, 0.5) is 17.6 Å². The molecule has 0 radical (unpaired) electrons. The number of hydrogen-bond acceptors (Lipinski definition) is 3. The van der Waals surface area contributed by atoms with Crippen molar-refractivity contribution in [1.29, 1.82) is 0 Å². The number of nitrogens with zero attached hydrogens (tertiary/aromatic N) is 1. The standard InChI is InChI=1S/C28H25ClF4N2O2/c1-5-18-12-20(15-23(30)13-18)24(14-19-6-9-22(29)10-7-19)17(2)35-26(36)27(3,4)37-25-11-8-21(16-34-25)28(31,32)33/h1,6-13,15-17,24H,14H2,2-4H3,(H,35,36). The highest BCUT2D eigenvalue weighted by Gasteiger charge is 2.35.